The number of nitrogens with zero attached hydrogens (tertiary/aromatic N) is 1. The van der Waals surface area contributed by atoms with Crippen molar-refractivity contribution in [2.45, 2.75) is 32.4 Å². The zero-order chi connectivity index (χ0) is 9.35. The third kappa shape index (κ3) is 2.43. The second-order valence-electron chi connectivity index (χ2n) is 3.54. The van der Waals surface area contributed by atoms with Gasteiger partial charge in [-0.1, -0.05) is 0 Å². The van der Waals surface area contributed by atoms with E-state index in [-0.39, 0.29) is 5.75 Å². The highest BCUT2D eigenvalue weighted by atomic mass is 32.2. The van der Waals surface area contributed by atoms with Crippen LogP contribution in [0.4, 0.5) is 0 Å². The first-order valence-corrected chi connectivity index (χ1v) is 5.88. The number of hydrogen-bond acceptors (Lipinski definition) is 3. The van der Waals surface area contributed by atoms with Gasteiger partial charge < -0.3 is 0 Å². The van der Waals surface area contributed by atoms with Crippen molar-refractivity contribution in [3.63, 3.8) is 0 Å². The van der Waals surface area contributed by atoms with Crippen LogP contribution in [-0.2, 0) is 10.0 Å². The molecule has 1 heterocycles. The van der Waals surface area contributed by atoms with Gasteiger partial charge in [0.15, 0.2) is 0 Å². The summed E-state index contributed by atoms with van der Waals surface area (Å²) in [6.45, 7) is 4.77. The van der Waals surface area contributed by atoms with Crippen LogP contribution >= 0.6 is 0 Å². The molecule has 12 heavy (non-hydrogen) atoms. The van der Waals surface area contributed by atoms with E-state index < -0.39 is 10.0 Å². The van der Waals surface area contributed by atoms with Crippen molar-refractivity contribution >= 4 is 10.0 Å². The fraction of sp³-hybridized carbons (Fsp3) is 1.00. The van der Waals surface area contributed by atoms with Crippen LogP contribution in [0.15, 0.2) is 0 Å². The normalized spacial score (nSPS) is 31.6. The maximum atomic E-state index is 10.6. The lowest BCUT2D eigenvalue weighted by atomic mass is 9.96. The summed E-state index contributed by atoms with van der Waals surface area (Å²) < 4.78 is 21.3. The molecule has 0 aromatic heterocycles. The molecule has 72 valence electrons. The molecule has 0 aromatic carbocycles. The Bertz CT molecular complexity index is 242. The molecular weight excluding hydrogens is 176 g/mol. The summed E-state index contributed by atoms with van der Waals surface area (Å²) in [6.07, 6.45) is 1.16. The van der Waals surface area contributed by atoms with Gasteiger partial charge in [-0.05, 0) is 20.3 Å². The molecule has 1 saturated heterocycles. The standard InChI is InChI=1S/C7H16N2O2S/c1-6-5-7(2)9(6)3-4-12(8,10)11/h6-7H,3-5H2,1-2H3,(H2,8,10,11). The van der Waals surface area contributed by atoms with Gasteiger partial charge in [-0.3, -0.25) is 4.90 Å². The average molecular weight is 192 g/mol. The molecule has 2 atom stereocenters. The third-order valence-corrected chi connectivity index (χ3v) is 3.20. The van der Waals surface area contributed by atoms with Crippen LogP contribution in [0.5, 0.6) is 0 Å². The molecule has 0 amide bonds. The predicted octanol–water partition coefficient (Wildman–Crippen LogP) is -0.242. The van der Waals surface area contributed by atoms with Crippen molar-refractivity contribution in [1.82, 2.24) is 4.90 Å². The van der Waals surface area contributed by atoms with Gasteiger partial charge in [-0.2, -0.15) is 0 Å². The molecule has 0 aromatic rings. The van der Waals surface area contributed by atoms with Crippen molar-refractivity contribution < 1.29 is 8.42 Å². The summed E-state index contributed by atoms with van der Waals surface area (Å²) in [5.41, 5.74) is 0. The van der Waals surface area contributed by atoms with Gasteiger partial charge in [0, 0.05) is 18.6 Å². The van der Waals surface area contributed by atoms with E-state index in [0.717, 1.165) is 6.42 Å². The smallest absolute Gasteiger partial charge is 0.210 e. The third-order valence-electron chi connectivity index (χ3n) is 2.45. The van der Waals surface area contributed by atoms with Crippen LogP contribution in [0.1, 0.15) is 20.3 Å². The number of primary sulfonamides is 1. The summed E-state index contributed by atoms with van der Waals surface area (Å²) in [5.74, 6) is 0.0711. The molecule has 0 spiro atoms. The molecule has 4 nitrogen and oxygen atoms in total. The van der Waals surface area contributed by atoms with E-state index in [4.69, 9.17) is 5.14 Å². The SMILES string of the molecule is CC1CC(C)N1CCS(N)(=O)=O. The van der Waals surface area contributed by atoms with Gasteiger partial charge in [0.05, 0.1) is 5.75 Å². The van der Waals surface area contributed by atoms with Crippen molar-refractivity contribution in [2.75, 3.05) is 12.3 Å². The minimum atomic E-state index is -3.28. The van der Waals surface area contributed by atoms with E-state index in [1.807, 2.05) is 0 Å². The zero-order valence-corrected chi connectivity index (χ0v) is 8.34. The summed E-state index contributed by atoms with van der Waals surface area (Å²) >= 11 is 0. The summed E-state index contributed by atoms with van der Waals surface area (Å²) in [4.78, 5) is 2.16. The number of nitrogens with two attached hydrogens (primary N) is 1. The Labute approximate surface area is 73.8 Å². The lowest BCUT2D eigenvalue weighted by molar-refractivity contribution is 0.0452. The van der Waals surface area contributed by atoms with E-state index in [0.29, 0.717) is 18.6 Å². The Morgan fingerprint density at radius 3 is 2.25 bits per heavy atom. The molecule has 1 fully saturated rings. The Hall–Kier alpha value is -0.130. The van der Waals surface area contributed by atoms with E-state index in [2.05, 4.69) is 18.7 Å². The predicted molar refractivity (Wildman–Crippen MR) is 48.2 cm³/mol. The molecular formula is C7H16N2O2S. The lowest BCUT2D eigenvalue weighted by Gasteiger charge is -2.45. The van der Waals surface area contributed by atoms with Crippen LogP contribution in [0.2, 0.25) is 0 Å². The molecule has 1 aliphatic heterocycles. The van der Waals surface area contributed by atoms with Crippen LogP contribution < -0.4 is 5.14 Å². The Morgan fingerprint density at radius 1 is 1.42 bits per heavy atom. The second kappa shape index (κ2) is 3.32. The van der Waals surface area contributed by atoms with Gasteiger partial charge in [-0.15, -0.1) is 0 Å². The summed E-state index contributed by atoms with van der Waals surface area (Å²) in [5, 5.41) is 4.90. The monoisotopic (exact) mass is 192 g/mol. The highest BCUT2D eigenvalue weighted by Crippen LogP contribution is 2.23. The summed E-state index contributed by atoms with van der Waals surface area (Å²) in [7, 11) is -3.28. The molecule has 1 rings (SSSR count). The average Bonchev–Trinajstić information content (AvgIpc) is 1.84. The van der Waals surface area contributed by atoms with Crippen molar-refractivity contribution in [1.29, 1.82) is 0 Å². The van der Waals surface area contributed by atoms with Crippen molar-refractivity contribution in [3.8, 4) is 0 Å². The maximum Gasteiger partial charge on any atom is 0.210 e. The molecule has 0 bridgehead atoms. The maximum absolute atomic E-state index is 10.6. The van der Waals surface area contributed by atoms with Crippen LogP contribution in [0, 0.1) is 0 Å². The lowest BCUT2D eigenvalue weighted by Crippen LogP contribution is -2.54. The quantitative estimate of drug-likeness (QED) is 0.671. The fourth-order valence-corrected chi connectivity index (χ4v) is 2.20. The first kappa shape index (κ1) is 9.95. The van der Waals surface area contributed by atoms with E-state index in [1.165, 1.54) is 0 Å². The first-order valence-electron chi connectivity index (χ1n) is 4.16. The highest BCUT2D eigenvalue weighted by Gasteiger charge is 2.31. The molecule has 5 heteroatoms. The van der Waals surface area contributed by atoms with Crippen LogP contribution in [0.3, 0.4) is 0 Å². The van der Waals surface area contributed by atoms with Gasteiger partial charge in [0.1, 0.15) is 0 Å². The van der Waals surface area contributed by atoms with Crippen LogP contribution in [0.25, 0.3) is 0 Å². The number of hydrogen-bond donors (Lipinski definition) is 1. The minimum Gasteiger partial charge on any atom is -0.297 e. The highest BCUT2D eigenvalue weighted by molar-refractivity contribution is 7.89. The van der Waals surface area contributed by atoms with E-state index >= 15 is 0 Å². The minimum absolute atomic E-state index is 0.0711. The molecule has 2 unspecified atom stereocenters. The number of sulfonamides is 1. The molecule has 0 saturated carbocycles. The molecule has 0 radical (unpaired) electrons. The van der Waals surface area contributed by atoms with Gasteiger partial charge in [0.2, 0.25) is 10.0 Å². The van der Waals surface area contributed by atoms with Crippen molar-refractivity contribution in [2.24, 2.45) is 5.14 Å². The Morgan fingerprint density at radius 2 is 1.92 bits per heavy atom. The van der Waals surface area contributed by atoms with Crippen molar-refractivity contribution in [3.05, 3.63) is 0 Å². The van der Waals surface area contributed by atoms with E-state index in [1.54, 1.807) is 0 Å². The van der Waals surface area contributed by atoms with Gasteiger partial charge in [-0.25, -0.2) is 13.6 Å². The molecule has 0 aliphatic carbocycles. The van der Waals surface area contributed by atoms with Gasteiger partial charge >= 0.3 is 0 Å². The topological polar surface area (TPSA) is 63.4 Å². The Balaban J connectivity index is 2.33. The number of rotatable bonds is 3. The molecule has 2 N–H and O–H groups in total. The summed E-state index contributed by atoms with van der Waals surface area (Å²) in [6, 6.07) is 1.03. The van der Waals surface area contributed by atoms with E-state index in [9.17, 15) is 8.42 Å². The largest absolute Gasteiger partial charge is 0.297 e. The second-order valence-corrected chi connectivity index (χ2v) is 5.27. The fourth-order valence-electron chi connectivity index (χ4n) is 1.73. The molecule has 1 aliphatic rings. The zero-order valence-electron chi connectivity index (χ0n) is 7.53. The van der Waals surface area contributed by atoms with Gasteiger partial charge in [0.25, 0.3) is 0 Å². The van der Waals surface area contributed by atoms with Crippen LogP contribution in [-0.4, -0.2) is 37.7 Å². The Kier molecular flexibility index (Phi) is 2.75. The first-order chi connectivity index (χ1) is 5.40. The number of likely N-dealkylation sites (tertiary alicyclic amines) is 1.